The van der Waals surface area contributed by atoms with E-state index in [-0.39, 0.29) is 6.23 Å². The molecule has 1 aromatic rings. The molecular weight excluding hydrogens is 186 g/mol. The standard InChI is InChI=1S/C13H19NO/c1-2-3-9-14-10-11-15-13(14)12-7-5-4-6-8-12/h4-8,13H,2-3,9-11H2,1H3. The molecule has 82 valence electrons. The van der Waals surface area contributed by atoms with E-state index in [1.165, 1.54) is 18.4 Å². The molecule has 1 atom stereocenters. The molecule has 1 aliphatic rings. The van der Waals surface area contributed by atoms with Gasteiger partial charge in [-0.25, -0.2) is 0 Å². The number of ether oxygens (including phenoxy) is 1. The number of unbranched alkanes of at least 4 members (excludes halogenated alkanes) is 1. The van der Waals surface area contributed by atoms with Crippen molar-refractivity contribution in [1.82, 2.24) is 4.90 Å². The molecular formula is C13H19NO. The monoisotopic (exact) mass is 205 g/mol. The van der Waals surface area contributed by atoms with Crippen molar-refractivity contribution in [2.24, 2.45) is 0 Å². The smallest absolute Gasteiger partial charge is 0.136 e. The van der Waals surface area contributed by atoms with E-state index < -0.39 is 0 Å². The van der Waals surface area contributed by atoms with Crippen LogP contribution in [0.4, 0.5) is 0 Å². The minimum Gasteiger partial charge on any atom is -0.358 e. The van der Waals surface area contributed by atoms with Gasteiger partial charge in [-0.15, -0.1) is 0 Å². The number of hydrogen-bond donors (Lipinski definition) is 0. The Hall–Kier alpha value is -0.860. The highest BCUT2D eigenvalue weighted by atomic mass is 16.5. The third-order valence-corrected chi connectivity index (χ3v) is 2.87. The maximum Gasteiger partial charge on any atom is 0.136 e. The van der Waals surface area contributed by atoms with Gasteiger partial charge in [0.05, 0.1) is 6.61 Å². The molecule has 1 aliphatic heterocycles. The average Bonchev–Trinajstić information content (AvgIpc) is 2.75. The van der Waals surface area contributed by atoms with E-state index in [0.29, 0.717) is 0 Å². The first kappa shape index (κ1) is 10.7. The lowest BCUT2D eigenvalue weighted by molar-refractivity contribution is 0.0321. The van der Waals surface area contributed by atoms with Gasteiger partial charge in [-0.2, -0.15) is 0 Å². The van der Waals surface area contributed by atoms with Crippen molar-refractivity contribution in [3.63, 3.8) is 0 Å². The number of benzene rings is 1. The molecule has 1 unspecified atom stereocenters. The molecule has 2 heteroatoms. The summed E-state index contributed by atoms with van der Waals surface area (Å²) >= 11 is 0. The first-order valence-electron chi connectivity index (χ1n) is 5.82. The Labute approximate surface area is 91.9 Å². The zero-order chi connectivity index (χ0) is 10.5. The topological polar surface area (TPSA) is 12.5 Å². The van der Waals surface area contributed by atoms with E-state index in [4.69, 9.17) is 4.74 Å². The number of hydrogen-bond acceptors (Lipinski definition) is 2. The van der Waals surface area contributed by atoms with Gasteiger partial charge in [0.15, 0.2) is 0 Å². The van der Waals surface area contributed by atoms with Gasteiger partial charge in [0.2, 0.25) is 0 Å². The molecule has 0 amide bonds. The molecule has 0 saturated carbocycles. The molecule has 0 spiro atoms. The molecule has 0 bridgehead atoms. The molecule has 1 aromatic carbocycles. The Morgan fingerprint density at radius 2 is 2.13 bits per heavy atom. The molecule has 1 fully saturated rings. The fraction of sp³-hybridized carbons (Fsp3) is 0.538. The lowest BCUT2D eigenvalue weighted by Crippen LogP contribution is -2.24. The maximum absolute atomic E-state index is 5.77. The van der Waals surface area contributed by atoms with Crippen LogP contribution in [0.15, 0.2) is 30.3 Å². The van der Waals surface area contributed by atoms with E-state index in [1.54, 1.807) is 0 Å². The second-order valence-electron chi connectivity index (χ2n) is 4.02. The molecule has 1 saturated heterocycles. The summed E-state index contributed by atoms with van der Waals surface area (Å²) in [6, 6.07) is 10.5. The minimum atomic E-state index is 0.192. The summed E-state index contributed by atoms with van der Waals surface area (Å²) in [5.74, 6) is 0. The third kappa shape index (κ3) is 2.58. The van der Waals surface area contributed by atoms with Crippen molar-refractivity contribution in [1.29, 1.82) is 0 Å². The minimum absolute atomic E-state index is 0.192. The van der Waals surface area contributed by atoms with E-state index in [2.05, 4.69) is 42.2 Å². The summed E-state index contributed by atoms with van der Waals surface area (Å²) in [4.78, 5) is 2.43. The summed E-state index contributed by atoms with van der Waals surface area (Å²) in [5.41, 5.74) is 1.28. The molecule has 0 aliphatic carbocycles. The lowest BCUT2D eigenvalue weighted by atomic mass is 10.2. The largest absolute Gasteiger partial charge is 0.358 e. The van der Waals surface area contributed by atoms with Gasteiger partial charge < -0.3 is 4.74 Å². The predicted molar refractivity (Wildman–Crippen MR) is 61.6 cm³/mol. The molecule has 1 heterocycles. The van der Waals surface area contributed by atoms with Gasteiger partial charge in [0.1, 0.15) is 6.23 Å². The lowest BCUT2D eigenvalue weighted by Gasteiger charge is -2.22. The summed E-state index contributed by atoms with van der Waals surface area (Å²) < 4.78 is 5.77. The van der Waals surface area contributed by atoms with Crippen molar-refractivity contribution in [2.75, 3.05) is 19.7 Å². The van der Waals surface area contributed by atoms with Crippen LogP contribution in [-0.2, 0) is 4.74 Å². The maximum atomic E-state index is 5.77. The molecule has 2 rings (SSSR count). The Kier molecular flexibility index (Phi) is 3.75. The Bertz CT molecular complexity index is 286. The summed E-state index contributed by atoms with van der Waals surface area (Å²) in [6.07, 6.45) is 2.70. The fourth-order valence-electron chi connectivity index (χ4n) is 2.02. The fourth-order valence-corrected chi connectivity index (χ4v) is 2.02. The highest BCUT2D eigenvalue weighted by Crippen LogP contribution is 2.26. The Morgan fingerprint density at radius 3 is 2.87 bits per heavy atom. The van der Waals surface area contributed by atoms with Gasteiger partial charge in [-0.3, -0.25) is 4.90 Å². The molecule has 0 aromatic heterocycles. The van der Waals surface area contributed by atoms with Crippen molar-refractivity contribution in [3.8, 4) is 0 Å². The summed E-state index contributed by atoms with van der Waals surface area (Å²) in [7, 11) is 0. The van der Waals surface area contributed by atoms with E-state index in [9.17, 15) is 0 Å². The zero-order valence-electron chi connectivity index (χ0n) is 9.36. The van der Waals surface area contributed by atoms with Crippen molar-refractivity contribution < 1.29 is 4.74 Å². The van der Waals surface area contributed by atoms with Crippen LogP contribution < -0.4 is 0 Å². The normalized spacial score (nSPS) is 22.1. The van der Waals surface area contributed by atoms with Crippen LogP contribution >= 0.6 is 0 Å². The van der Waals surface area contributed by atoms with Gasteiger partial charge in [0, 0.05) is 13.1 Å². The second-order valence-corrected chi connectivity index (χ2v) is 4.02. The first-order chi connectivity index (χ1) is 7.42. The predicted octanol–water partition coefficient (Wildman–Crippen LogP) is 2.82. The number of rotatable bonds is 4. The van der Waals surface area contributed by atoms with Crippen molar-refractivity contribution >= 4 is 0 Å². The molecule has 15 heavy (non-hydrogen) atoms. The highest BCUT2D eigenvalue weighted by Gasteiger charge is 2.25. The van der Waals surface area contributed by atoms with E-state index in [1.807, 2.05) is 0 Å². The highest BCUT2D eigenvalue weighted by molar-refractivity contribution is 5.17. The van der Waals surface area contributed by atoms with Crippen LogP contribution in [0.1, 0.15) is 31.6 Å². The quantitative estimate of drug-likeness (QED) is 0.749. The van der Waals surface area contributed by atoms with Gasteiger partial charge in [-0.1, -0.05) is 43.7 Å². The van der Waals surface area contributed by atoms with Crippen LogP contribution in [0.25, 0.3) is 0 Å². The molecule has 0 radical (unpaired) electrons. The van der Waals surface area contributed by atoms with Crippen molar-refractivity contribution in [2.45, 2.75) is 26.0 Å². The van der Waals surface area contributed by atoms with Crippen LogP contribution in [-0.4, -0.2) is 24.6 Å². The van der Waals surface area contributed by atoms with Crippen LogP contribution in [0, 0.1) is 0 Å². The van der Waals surface area contributed by atoms with Gasteiger partial charge in [-0.05, 0) is 12.0 Å². The third-order valence-electron chi connectivity index (χ3n) is 2.87. The van der Waals surface area contributed by atoms with E-state index >= 15 is 0 Å². The van der Waals surface area contributed by atoms with Crippen molar-refractivity contribution in [3.05, 3.63) is 35.9 Å². The average molecular weight is 205 g/mol. The van der Waals surface area contributed by atoms with E-state index in [0.717, 1.165) is 19.7 Å². The van der Waals surface area contributed by atoms with Crippen LogP contribution in [0.5, 0.6) is 0 Å². The zero-order valence-corrected chi connectivity index (χ0v) is 9.36. The summed E-state index contributed by atoms with van der Waals surface area (Å²) in [6.45, 7) is 5.31. The van der Waals surface area contributed by atoms with Gasteiger partial charge in [0.25, 0.3) is 0 Å². The summed E-state index contributed by atoms with van der Waals surface area (Å²) in [5, 5.41) is 0. The van der Waals surface area contributed by atoms with Crippen LogP contribution in [0.2, 0.25) is 0 Å². The van der Waals surface area contributed by atoms with Gasteiger partial charge >= 0.3 is 0 Å². The SMILES string of the molecule is CCCCN1CCOC1c1ccccc1. The number of nitrogens with zero attached hydrogens (tertiary/aromatic N) is 1. The second kappa shape index (κ2) is 5.29. The van der Waals surface area contributed by atoms with Crippen LogP contribution in [0.3, 0.4) is 0 Å². The Morgan fingerprint density at radius 1 is 1.33 bits per heavy atom. The molecule has 0 N–H and O–H groups in total. The Balaban J connectivity index is 2.01. The molecule has 2 nitrogen and oxygen atoms in total. The first-order valence-corrected chi connectivity index (χ1v) is 5.82.